The number of nitrogen functional groups attached to an aromatic ring is 1. The van der Waals surface area contributed by atoms with Gasteiger partial charge in [0.1, 0.15) is 6.10 Å². The number of rotatable bonds is 9. The standard InChI is InChI=1S/C37H42N2O5/c1-3-4-17-43-26-15-13-25-19-27(16-14-24(25)18-26)44-37(42)30-20-31(39-21-23-11-9-22(2)10-12-23)32-33(34(30)38)36(41)29-8-6-5-7-28(29)35(32)40/h5-12,20,24-27,39H,3-4,13-19,21,38H2,1-2H3/t24-,25?,26?,27-/m1/s1. The van der Waals surface area contributed by atoms with E-state index < -0.39 is 5.97 Å². The van der Waals surface area contributed by atoms with E-state index in [1.54, 1.807) is 30.3 Å². The van der Waals surface area contributed by atoms with Crippen LogP contribution >= 0.6 is 0 Å². The molecule has 0 aromatic heterocycles. The molecule has 3 aliphatic rings. The van der Waals surface area contributed by atoms with Crippen LogP contribution in [0.2, 0.25) is 0 Å². The number of ketones is 2. The second-order valence-electron chi connectivity index (χ2n) is 12.7. The molecular formula is C37H42N2O5. The van der Waals surface area contributed by atoms with E-state index in [1.165, 1.54) is 0 Å². The molecule has 4 atom stereocenters. The van der Waals surface area contributed by atoms with Crippen molar-refractivity contribution in [1.29, 1.82) is 0 Å². The van der Waals surface area contributed by atoms with Crippen molar-refractivity contribution in [1.82, 2.24) is 0 Å². The molecule has 7 nitrogen and oxygen atoms in total. The molecule has 6 rings (SSSR count). The normalized spacial score (nSPS) is 22.5. The van der Waals surface area contributed by atoms with Gasteiger partial charge < -0.3 is 20.5 Å². The minimum absolute atomic E-state index is 0.00263. The van der Waals surface area contributed by atoms with Crippen molar-refractivity contribution in [3.63, 3.8) is 0 Å². The summed E-state index contributed by atoms with van der Waals surface area (Å²) >= 11 is 0. The number of benzene rings is 3. The fourth-order valence-electron chi connectivity index (χ4n) is 7.20. The van der Waals surface area contributed by atoms with Crippen molar-refractivity contribution in [2.24, 2.45) is 11.8 Å². The number of anilines is 2. The largest absolute Gasteiger partial charge is 0.459 e. The van der Waals surface area contributed by atoms with E-state index in [0.717, 1.165) is 69.1 Å². The summed E-state index contributed by atoms with van der Waals surface area (Å²) in [6.45, 7) is 5.44. The summed E-state index contributed by atoms with van der Waals surface area (Å²) in [5.74, 6) is -0.0980. The molecule has 3 aromatic rings. The molecule has 3 aliphatic carbocycles. The second-order valence-corrected chi connectivity index (χ2v) is 12.7. The Morgan fingerprint density at radius 2 is 1.52 bits per heavy atom. The Labute approximate surface area is 259 Å². The average molecular weight is 595 g/mol. The number of nitrogens with one attached hydrogen (secondary N) is 1. The summed E-state index contributed by atoms with van der Waals surface area (Å²) in [5.41, 5.74) is 10.1. The average Bonchev–Trinajstić information content (AvgIpc) is 3.03. The molecule has 44 heavy (non-hydrogen) atoms. The molecule has 0 spiro atoms. The Hall–Kier alpha value is -3.97. The number of hydrogen-bond acceptors (Lipinski definition) is 7. The first-order chi connectivity index (χ1) is 21.3. The fourth-order valence-corrected chi connectivity index (χ4v) is 7.20. The summed E-state index contributed by atoms with van der Waals surface area (Å²) in [5, 5.41) is 3.33. The van der Waals surface area contributed by atoms with Gasteiger partial charge in [-0.3, -0.25) is 9.59 Å². The number of carbonyl (C=O) groups excluding carboxylic acids is 3. The van der Waals surface area contributed by atoms with Crippen molar-refractivity contribution in [2.45, 2.75) is 84.0 Å². The lowest BCUT2D eigenvalue weighted by Gasteiger charge is -2.41. The van der Waals surface area contributed by atoms with E-state index in [0.29, 0.717) is 41.3 Å². The molecule has 0 heterocycles. The van der Waals surface area contributed by atoms with Gasteiger partial charge in [0, 0.05) is 30.0 Å². The Kier molecular flexibility index (Phi) is 8.85. The zero-order chi connectivity index (χ0) is 30.8. The van der Waals surface area contributed by atoms with Gasteiger partial charge in [-0.25, -0.2) is 4.79 Å². The van der Waals surface area contributed by atoms with Crippen LogP contribution in [0, 0.1) is 18.8 Å². The predicted octanol–water partition coefficient (Wildman–Crippen LogP) is 7.28. The van der Waals surface area contributed by atoms with Crippen LogP contribution in [-0.2, 0) is 16.0 Å². The molecular weight excluding hydrogens is 552 g/mol. The van der Waals surface area contributed by atoms with Crippen molar-refractivity contribution in [3.8, 4) is 0 Å². The van der Waals surface area contributed by atoms with Crippen LogP contribution < -0.4 is 11.1 Å². The first kappa shape index (κ1) is 30.1. The molecule has 0 saturated heterocycles. The Bertz CT molecular complexity index is 1560. The molecule has 2 unspecified atom stereocenters. The molecule has 2 saturated carbocycles. The lowest BCUT2D eigenvalue weighted by atomic mass is 9.69. The third-order valence-corrected chi connectivity index (χ3v) is 9.70. The molecule has 0 aliphatic heterocycles. The van der Waals surface area contributed by atoms with Crippen LogP contribution in [0.4, 0.5) is 11.4 Å². The molecule has 230 valence electrons. The summed E-state index contributed by atoms with van der Waals surface area (Å²) in [6.07, 6.45) is 8.22. The number of hydrogen-bond donors (Lipinski definition) is 2. The number of aryl methyl sites for hydroxylation is 1. The van der Waals surface area contributed by atoms with Gasteiger partial charge in [0.15, 0.2) is 11.6 Å². The highest BCUT2D eigenvalue weighted by atomic mass is 16.5. The van der Waals surface area contributed by atoms with Gasteiger partial charge >= 0.3 is 5.97 Å². The first-order valence-electron chi connectivity index (χ1n) is 16.1. The number of unbranched alkanes of at least 4 members (excludes halogenated alkanes) is 1. The topological polar surface area (TPSA) is 108 Å². The highest BCUT2D eigenvalue weighted by Crippen LogP contribution is 2.43. The highest BCUT2D eigenvalue weighted by molar-refractivity contribution is 6.32. The molecule has 3 N–H and O–H groups in total. The van der Waals surface area contributed by atoms with Gasteiger partial charge in [-0.1, -0.05) is 67.4 Å². The number of carbonyl (C=O) groups is 3. The van der Waals surface area contributed by atoms with E-state index in [4.69, 9.17) is 15.2 Å². The van der Waals surface area contributed by atoms with Crippen molar-refractivity contribution in [3.05, 3.63) is 93.5 Å². The number of nitrogens with two attached hydrogens (primary N) is 1. The maximum atomic E-state index is 13.7. The molecule has 2 fully saturated rings. The summed E-state index contributed by atoms with van der Waals surface area (Å²) in [6, 6.07) is 16.4. The SMILES string of the molecule is CCCCOC1CCC2C[C@H](OC(=O)c3cc(NCc4ccc(C)cc4)c4c(c3N)C(=O)c3ccccc3C4=O)CC[C@@H]2C1. The smallest absolute Gasteiger partial charge is 0.340 e. The number of ether oxygens (including phenoxy) is 2. The molecule has 3 aromatic carbocycles. The van der Waals surface area contributed by atoms with Gasteiger partial charge in [0.25, 0.3) is 0 Å². The van der Waals surface area contributed by atoms with Crippen LogP contribution in [0.5, 0.6) is 0 Å². The molecule has 0 radical (unpaired) electrons. The third kappa shape index (κ3) is 6.03. The second kappa shape index (κ2) is 12.9. The van der Waals surface area contributed by atoms with Gasteiger partial charge in [0.05, 0.1) is 28.5 Å². The van der Waals surface area contributed by atoms with Crippen molar-refractivity contribution in [2.75, 3.05) is 17.7 Å². The monoisotopic (exact) mass is 594 g/mol. The van der Waals surface area contributed by atoms with Gasteiger partial charge in [-0.05, 0) is 75.3 Å². The van der Waals surface area contributed by atoms with Crippen LogP contribution in [-0.4, -0.2) is 36.4 Å². The maximum Gasteiger partial charge on any atom is 0.340 e. The van der Waals surface area contributed by atoms with Crippen LogP contribution in [0.15, 0.2) is 54.6 Å². The quantitative estimate of drug-likeness (QED) is 0.119. The van der Waals surface area contributed by atoms with Gasteiger partial charge in [0.2, 0.25) is 0 Å². The minimum atomic E-state index is -0.553. The first-order valence-corrected chi connectivity index (χ1v) is 16.1. The van der Waals surface area contributed by atoms with Gasteiger partial charge in [-0.15, -0.1) is 0 Å². The van der Waals surface area contributed by atoms with E-state index in [1.807, 2.05) is 31.2 Å². The van der Waals surface area contributed by atoms with Gasteiger partial charge in [-0.2, -0.15) is 0 Å². The lowest BCUT2D eigenvalue weighted by molar-refractivity contribution is -0.0404. The van der Waals surface area contributed by atoms with Crippen LogP contribution in [0.1, 0.15) is 112 Å². The predicted molar refractivity (Wildman–Crippen MR) is 171 cm³/mol. The molecule has 0 amide bonds. The zero-order valence-corrected chi connectivity index (χ0v) is 25.7. The third-order valence-electron chi connectivity index (χ3n) is 9.70. The van der Waals surface area contributed by atoms with E-state index in [9.17, 15) is 14.4 Å². The zero-order valence-electron chi connectivity index (χ0n) is 25.7. The minimum Gasteiger partial charge on any atom is -0.459 e. The highest BCUT2D eigenvalue weighted by Gasteiger charge is 2.39. The van der Waals surface area contributed by atoms with E-state index in [2.05, 4.69) is 12.2 Å². The van der Waals surface area contributed by atoms with E-state index in [-0.39, 0.29) is 40.0 Å². The lowest BCUT2D eigenvalue weighted by Crippen LogP contribution is -2.37. The van der Waals surface area contributed by atoms with Crippen molar-refractivity contribution >= 4 is 28.9 Å². The van der Waals surface area contributed by atoms with Crippen LogP contribution in [0.25, 0.3) is 0 Å². The van der Waals surface area contributed by atoms with Crippen LogP contribution in [0.3, 0.4) is 0 Å². The fraction of sp³-hybridized carbons (Fsp3) is 0.432. The summed E-state index contributed by atoms with van der Waals surface area (Å²) < 4.78 is 12.2. The molecule has 7 heteroatoms. The number of fused-ring (bicyclic) bond motifs is 3. The maximum absolute atomic E-state index is 13.7. The summed E-state index contributed by atoms with van der Waals surface area (Å²) in [4.78, 5) is 41.2. The van der Waals surface area contributed by atoms with Crippen molar-refractivity contribution < 1.29 is 23.9 Å². The van der Waals surface area contributed by atoms with E-state index >= 15 is 0 Å². The summed E-state index contributed by atoms with van der Waals surface area (Å²) in [7, 11) is 0. The Morgan fingerprint density at radius 1 is 0.886 bits per heavy atom. The Balaban J connectivity index is 1.24. The Morgan fingerprint density at radius 3 is 2.20 bits per heavy atom. The molecule has 0 bridgehead atoms. The number of esters is 1.